The zero-order chi connectivity index (χ0) is 19.2. The Balaban J connectivity index is 1.68. The average Bonchev–Trinajstić information content (AvgIpc) is 2.68. The average molecular weight is 366 g/mol. The highest BCUT2D eigenvalue weighted by Gasteiger charge is 2.19. The van der Waals surface area contributed by atoms with Gasteiger partial charge in [-0.1, -0.05) is 30.3 Å². The van der Waals surface area contributed by atoms with Crippen molar-refractivity contribution in [3.8, 4) is 0 Å². The summed E-state index contributed by atoms with van der Waals surface area (Å²) in [5, 5.41) is 12.1. The van der Waals surface area contributed by atoms with Gasteiger partial charge in [0.25, 0.3) is 0 Å². The summed E-state index contributed by atoms with van der Waals surface area (Å²) in [4.78, 5) is 26.0. The van der Waals surface area contributed by atoms with Crippen molar-refractivity contribution >= 4 is 17.6 Å². The molecule has 0 aliphatic carbocycles. The highest BCUT2D eigenvalue weighted by atomic mass is 16.4. The molecule has 5 nitrogen and oxygen atoms in total. The molecular formula is C22H26N2O3. The molecule has 1 heterocycles. The van der Waals surface area contributed by atoms with Gasteiger partial charge in [-0.25, -0.2) is 4.79 Å². The number of para-hydroxylation sites is 1. The molecule has 0 aromatic heterocycles. The van der Waals surface area contributed by atoms with E-state index in [9.17, 15) is 9.59 Å². The molecule has 1 unspecified atom stereocenters. The minimum Gasteiger partial charge on any atom is -0.478 e. The SMILES string of the molecule is CC(NC(=O)Cc1cccc(C(=O)O)c1)c1ccccc1N1CCCCC1. The topological polar surface area (TPSA) is 69.6 Å². The highest BCUT2D eigenvalue weighted by molar-refractivity contribution is 5.88. The van der Waals surface area contributed by atoms with Gasteiger partial charge in [0.2, 0.25) is 5.91 Å². The molecule has 1 atom stereocenters. The van der Waals surface area contributed by atoms with Crippen LogP contribution in [0.25, 0.3) is 0 Å². The molecule has 1 amide bonds. The Labute approximate surface area is 160 Å². The molecule has 1 aliphatic rings. The number of rotatable bonds is 6. The number of aromatic carboxylic acids is 1. The molecule has 0 spiro atoms. The lowest BCUT2D eigenvalue weighted by molar-refractivity contribution is -0.121. The number of benzene rings is 2. The van der Waals surface area contributed by atoms with Crippen molar-refractivity contribution in [2.75, 3.05) is 18.0 Å². The molecule has 2 N–H and O–H groups in total. The quantitative estimate of drug-likeness (QED) is 0.816. The second-order valence-corrected chi connectivity index (χ2v) is 7.08. The van der Waals surface area contributed by atoms with Crippen molar-refractivity contribution in [1.82, 2.24) is 5.32 Å². The van der Waals surface area contributed by atoms with Crippen molar-refractivity contribution < 1.29 is 14.7 Å². The van der Waals surface area contributed by atoms with Gasteiger partial charge in [-0.15, -0.1) is 0 Å². The highest BCUT2D eigenvalue weighted by Crippen LogP contribution is 2.28. The van der Waals surface area contributed by atoms with Gasteiger partial charge in [0.1, 0.15) is 0 Å². The lowest BCUT2D eigenvalue weighted by atomic mass is 10.0. The maximum absolute atomic E-state index is 12.5. The first kappa shape index (κ1) is 19.0. The first-order chi connectivity index (χ1) is 13.0. The van der Waals surface area contributed by atoms with E-state index in [4.69, 9.17) is 5.11 Å². The molecule has 0 radical (unpaired) electrons. The van der Waals surface area contributed by atoms with Crippen molar-refractivity contribution in [2.24, 2.45) is 0 Å². The monoisotopic (exact) mass is 366 g/mol. The van der Waals surface area contributed by atoms with Gasteiger partial charge in [0.05, 0.1) is 18.0 Å². The Morgan fingerprint density at radius 1 is 1.07 bits per heavy atom. The Hall–Kier alpha value is -2.82. The van der Waals surface area contributed by atoms with Crippen LogP contribution in [0.15, 0.2) is 48.5 Å². The predicted octanol–water partition coefficient (Wildman–Crippen LogP) is 3.80. The fraction of sp³-hybridized carbons (Fsp3) is 0.364. The molecule has 1 saturated heterocycles. The van der Waals surface area contributed by atoms with E-state index in [0.29, 0.717) is 5.56 Å². The van der Waals surface area contributed by atoms with Crippen LogP contribution in [-0.2, 0) is 11.2 Å². The summed E-state index contributed by atoms with van der Waals surface area (Å²) >= 11 is 0. The Morgan fingerprint density at radius 3 is 2.56 bits per heavy atom. The molecule has 27 heavy (non-hydrogen) atoms. The molecule has 0 bridgehead atoms. The molecule has 2 aromatic carbocycles. The van der Waals surface area contributed by atoms with E-state index in [-0.39, 0.29) is 23.9 Å². The number of carboxylic acid groups (broad SMARTS) is 1. The summed E-state index contributed by atoms with van der Waals surface area (Å²) in [6.07, 6.45) is 3.85. The smallest absolute Gasteiger partial charge is 0.335 e. The summed E-state index contributed by atoms with van der Waals surface area (Å²) in [6, 6.07) is 14.6. The zero-order valence-corrected chi connectivity index (χ0v) is 15.6. The largest absolute Gasteiger partial charge is 0.478 e. The number of anilines is 1. The number of hydrogen-bond acceptors (Lipinski definition) is 3. The van der Waals surface area contributed by atoms with E-state index < -0.39 is 5.97 Å². The van der Waals surface area contributed by atoms with E-state index >= 15 is 0 Å². The number of hydrogen-bond donors (Lipinski definition) is 2. The van der Waals surface area contributed by atoms with Gasteiger partial charge in [-0.3, -0.25) is 4.79 Å². The van der Waals surface area contributed by atoms with Gasteiger partial charge in [-0.2, -0.15) is 0 Å². The molecule has 142 valence electrons. The van der Waals surface area contributed by atoms with Gasteiger partial charge in [0.15, 0.2) is 0 Å². The summed E-state index contributed by atoms with van der Waals surface area (Å²) in [7, 11) is 0. The van der Waals surface area contributed by atoms with Crippen molar-refractivity contribution in [3.63, 3.8) is 0 Å². The number of carboxylic acids is 1. The standard InChI is InChI=1S/C22H26N2O3/c1-16(19-10-3-4-11-20(19)24-12-5-2-6-13-24)23-21(25)15-17-8-7-9-18(14-17)22(26)27/h3-4,7-11,14,16H,2,5-6,12-13,15H2,1H3,(H,23,25)(H,26,27). The molecule has 0 saturated carbocycles. The second kappa shape index (κ2) is 8.71. The molecule has 3 rings (SSSR count). The molecule has 2 aromatic rings. The van der Waals surface area contributed by atoms with Gasteiger partial charge in [0, 0.05) is 18.8 Å². The first-order valence-electron chi connectivity index (χ1n) is 9.50. The Kier molecular flexibility index (Phi) is 6.12. The summed E-state index contributed by atoms with van der Waals surface area (Å²) in [5.74, 6) is -1.10. The number of carbonyl (C=O) groups excluding carboxylic acids is 1. The molecule has 1 fully saturated rings. The van der Waals surface area contributed by atoms with Crippen molar-refractivity contribution in [3.05, 3.63) is 65.2 Å². The Morgan fingerprint density at radius 2 is 1.81 bits per heavy atom. The second-order valence-electron chi connectivity index (χ2n) is 7.08. The van der Waals surface area contributed by atoms with E-state index in [1.807, 2.05) is 19.1 Å². The van der Waals surface area contributed by atoms with Crippen LogP contribution < -0.4 is 10.2 Å². The van der Waals surface area contributed by atoms with Crippen LogP contribution in [0.5, 0.6) is 0 Å². The van der Waals surface area contributed by atoms with Gasteiger partial charge >= 0.3 is 5.97 Å². The number of carbonyl (C=O) groups is 2. The van der Waals surface area contributed by atoms with Crippen LogP contribution in [0.3, 0.4) is 0 Å². The predicted molar refractivity (Wildman–Crippen MR) is 106 cm³/mol. The van der Waals surface area contributed by atoms with Gasteiger partial charge < -0.3 is 15.3 Å². The minimum atomic E-state index is -0.985. The van der Waals surface area contributed by atoms with Crippen LogP contribution in [0.1, 0.15) is 53.7 Å². The third-order valence-corrected chi connectivity index (χ3v) is 5.02. The van der Waals surface area contributed by atoms with Crippen LogP contribution in [0, 0.1) is 0 Å². The van der Waals surface area contributed by atoms with Crippen LogP contribution >= 0.6 is 0 Å². The van der Waals surface area contributed by atoms with E-state index in [2.05, 4.69) is 22.3 Å². The summed E-state index contributed by atoms with van der Waals surface area (Å²) < 4.78 is 0. The lowest BCUT2D eigenvalue weighted by Gasteiger charge is -2.32. The van der Waals surface area contributed by atoms with Crippen molar-refractivity contribution in [2.45, 2.75) is 38.6 Å². The van der Waals surface area contributed by atoms with Crippen LogP contribution in [0.2, 0.25) is 0 Å². The van der Waals surface area contributed by atoms with E-state index in [1.54, 1.807) is 18.2 Å². The van der Waals surface area contributed by atoms with Crippen LogP contribution in [-0.4, -0.2) is 30.1 Å². The molecule has 1 aliphatic heterocycles. The first-order valence-corrected chi connectivity index (χ1v) is 9.50. The minimum absolute atomic E-state index is 0.113. The van der Waals surface area contributed by atoms with Crippen molar-refractivity contribution in [1.29, 1.82) is 0 Å². The zero-order valence-electron chi connectivity index (χ0n) is 15.6. The number of amides is 1. The normalized spacial score (nSPS) is 15.2. The maximum atomic E-state index is 12.5. The number of nitrogens with zero attached hydrogens (tertiary/aromatic N) is 1. The van der Waals surface area contributed by atoms with E-state index in [0.717, 1.165) is 18.7 Å². The van der Waals surface area contributed by atoms with E-state index in [1.165, 1.54) is 31.0 Å². The third kappa shape index (κ3) is 4.88. The lowest BCUT2D eigenvalue weighted by Crippen LogP contribution is -2.33. The molecular weight excluding hydrogens is 340 g/mol. The number of piperidine rings is 1. The maximum Gasteiger partial charge on any atom is 0.335 e. The Bertz CT molecular complexity index is 813. The third-order valence-electron chi connectivity index (χ3n) is 5.02. The summed E-state index contributed by atoms with van der Waals surface area (Å²) in [5.41, 5.74) is 3.21. The fourth-order valence-corrected chi connectivity index (χ4v) is 3.65. The van der Waals surface area contributed by atoms with Gasteiger partial charge in [-0.05, 0) is 55.5 Å². The van der Waals surface area contributed by atoms with Crippen LogP contribution in [0.4, 0.5) is 5.69 Å². The fourth-order valence-electron chi connectivity index (χ4n) is 3.65. The number of nitrogens with one attached hydrogen (secondary N) is 1. The molecule has 5 heteroatoms. The summed E-state index contributed by atoms with van der Waals surface area (Å²) in [6.45, 7) is 4.10.